The van der Waals surface area contributed by atoms with Crippen molar-refractivity contribution < 1.29 is 5.48 Å². The first kappa shape index (κ1) is 29.8. The Labute approximate surface area is 340 Å². The minimum absolute atomic E-state index is 0.104. The lowest BCUT2D eigenvalue weighted by molar-refractivity contribution is 1.30. The van der Waals surface area contributed by atoms with Gasteiger partial charge in [0.05, 0.1) is 11.2 Å². The summed E-state index contributed by atoms with van der Waals surface area (Å²) in [4.78, 5) is 1.89. The van der Waals surface area contributed by atoms with Gasteiger partial charge in [0.1, 0.15) is 0 Å². The van der Waals surface area contributed by atoms with E-state index in [-0.39, 0.29) is 35.4 Å². The van der Waals surface area contributed by atoms with Gasteiger partial charge in [0, 0.05) is 16.8 Å². The average Bonchev–Trinajstić information content (AvgIpc) is 3.33. The Kier molecular flexibility index (Phi) is 7.84. The number of anilines is 3. The van der Waals surface area contributed by atoms with Gasteiger partial charge in [0.2, 0.25) is 0 Å². The molecule has 0 N–H and O–H groups in total. The summed E-state index contributed by atoms with van der Waals surface area (Å²) in [6.07, 6.45) is 0. The topological polar surface area (TPSA) is 3.24 Å². The van der Waals surface area contributed by atoms with E-state index in [1.165, 1.54) is 0 Å². The molecule has 0 aliphatic carbocycles. The molecule has 10 aromatic carbocycles. The predicted molar refractivity (Wildman–Crippen MR) is 243 cm³/mol. The van der Waals surface area contributed by atoms with Crippen molar-refractivity contribution in [2.75, 3.05) is 4.90 Å². The normalized spacial score (nSPS) is 12.1. The van der Waals surface area contributed by atoms with Crippen molar-refractivity contribution in [2.45, 2.75) is 0 Å². The molecule has 0 radical (unpaired) electrons. The monoisotopic (exact) mass is 729 g/mol. The SMILES string of the molecule is [2H]c1c([2H])c(N(c2ccc(-c3c(-c4ccccc4)ccc4ccccc34)cc2)c2cccc3ccccc23)c([2H])c([2H])c1-c1ccc(-c2ccccc2)c(-c2ccccc2)c1. The second-order valence-corrected chi connectivity index (χ2v) is 14.2. The van der Waals surface area contributed by atoms with Gasteiger partial charge in [-0.15, -0.1) is 0 Å². The van der Waals surface area contributed by atoms with E-state index in [1.54, 1.807) is 0 Å². The lowest BCUT2D eigenvalue weighted by Gasteiger charge is -2.27. The number of benzene rings is 10. The first-order valence-electron chi connectivity index (χ1n) is 21.3. The molecule has 0 amide bonds. The number of nitrogens with zero attached hydrogens (tertiary/aromatic N) is 1. The second kappa shape index (κ2) is 15.0. The van der Waals surface area contributed by atoms with Crippen LogP contribution in [0.1, 0.15) is 5.48 Å². The molecule has 1 heteroatoms. The molecule has 268 valence electrons. The lowest BCUT2D eigenvalue weighted by Crippen LogP contribution is -2.10. The van der Waals surface area contributed by atoms with Crippen molar-refractivity contribution in [3.8, 4) is 55.6 Å². The number of fused-ring (bicyclic) bond motifs is 2. The van der Waals surface area contributed by atoms with Crippen LogP contribution in [0.4, 0.5) is 17.1 Å². The average molecular weight is 730 g/mol. The maximum atomic E-state index is 9.71. The number of hydrogen-bond acceptors (Lipinski definition) is 1. The van der Waals surface area contributed by atoms with Crippen molar-refractivity contribution in [3.63, 3.8) is 0 Å². The first-order valence-corrected chi connectivity index (χ1v) is 19.3. The predicted octanol–water partition coefficient (Wildman–Crippen LogP) is 15.8. The molecular weight excluding hydrogens is 687 g/mol. The van der Waals surface area contributed by atoms with Gasteiger partial charge in [0.15, 0.2) is 0 Å². The molecule has 0 atom stereocenters. The maximum absolute atomic E-state index is 9.71. The Morgan fingerprint density at radius 3 is 1.47 bits per heavy atom. The minimum Gasteiger partial charge on any atom is -0.310 e. The molecular formula is C56H39N. The van der Waals surface area contributed by atoms with E-state index in [1.807, 2.05) is 120 Å². The molecule has 0 aliphatic rings. The highest BCUT2D eigenvalue weighted by molar-refractivity contribution is 6.05. The van der Waals surface area contributed by atoms with Crippen LogP contribution < -0.4 is 4.90 Å². The highest BCUT2D eigenvalue weighted by Crippen LogP contribution is 2.43. The van der Waals surface area contributed by atoms with Crippen LogP contribution in [-0.4, -0.2) is 0 Å². The highest BCUT2D eigenvalue weighted by Gasteiger charge is 2.18. The summed E-state index contributed by atoms with van der Waals surface area (Å²) in [5.41, 5.74) is 11.0. The fraction of sp³-hybridized carbons (Fsp3) is 0. The number of hydrogen-bond donors (Lipinski definition) is 0. The number of rotatable bonds is 8. The van der Waals surface area contributed by atoms with Gasteiger partial charge in [-0.25, -0.2) is 0 Å². The Morgan fingerprint density at radius 1 is 0.298 bits per heavy atom. The van der Waals surface area contributed by atoms with Gasteiger partial charge in [-0.1, -0.05) is 200 Å². The van der Waals surface area contributed by atoms with Crippen LogP contribution in [0, 0.1) is 0 Å². The van der Waals surface area contributed by atoms with E-state index in [9.17, 15) is 5.48 Å². The van der Waals surface area contributed by atoms with Crippen molar-refractivity contribution in [2.24, 2.45) is 0 Å². The van der Waals surface area contributed by atoms with Gasteiger partial charge in [-0.05, 0) is 108 Å². The van der Waals surface area contributed by atoms with Gasteiger partial charge >= 0.3 is 0 Å². The van der Waals surface area contributed by atoms with E-state index < -0.39 is 0 Å². The molecule has 0 unspecified atom stereocenters. The van der Waals surface area contributed by atoms with E-state index in [0.717, 1.165) is 71.7 Å². The molecule has 57 heavy (non-hydrogen) atoms. The molecule has 0 bridgehead atoms. The minimum atomic E-state index is -0.123. The molecule has 1 nitrogen and oxygen atoms in total. The van der Waals surface area contributed by atoms with Gasteiger partial charge < -0.3 is 4.90 Å². The summed E-state index contributed by atoms with van der Waals surface area (Å²) in [5.74, 6) is 0. The summed E-state index contributed by atoms with van der Waals surface area (Å²) in [6.45, 7) is 0. The highest BCUT2D eigenvalue weighted by atomic mass is 15.1. The zero-order valence-corrected chi connectivity index (χ0v) is 31.2. The zero-order valence-electron chi connectivity index (χ0n) is 35.2. The third-order valence-electron chi connectivity index (χ3n) is 10.7. The molecule has 10 rings (SSSR count). The van der Waals surface area contributed by atoms with Gasteiger partial charge in [-0.3, -0.25) is 0 Å². The van der Waals surface area contributed by atoms with Crippen LogP contribution in [0.15, 0.2) is 236 Å². The summed E-state index contributed by atoms with van der Waals surface area (Å²) < 4.78 is 38.6. The lowest BCUT2D eigenvalue weighted by atomic mass is 9.89. The smallest absolute Gasteiger partial charge is 0.0645 e. The van der Waals surface area contributed by atoms with E-state index >= 15 is 0 Å². The molecule has 0 aromatic heterocycles. The van der Waals surface area contributed by atoms with E-state index in [4.69, 9.17) is 0 Å². The van der Waals surface area contributed by atoms with Crippen molar-refractivity contribution in [1.29, 1.82) is 0 Å². The third kappa shape index (κ3) is 6.56. The quantitative estimate of drug-likeness (QED) is 0.151. The molecule has 0 aliphatic heterocycles. The van der Waals surface area contributed by atoms with E-state index in [0.29, 0.717) is 11.3 Å². The molecule has 0 heterocycles. The second-order valence-electron chi connectivity index (χ2n) is 14.2. The molecule has 10 aromatic rings. The van der Waals surface area contributed by atoms with Crippen LogP contribution in [0.5, 0.6) is 0 Å². The molecule has 0 saturated carbocycles. The van der Waals surface area contributed by atoms with Crippen LogP contribution in [-0.2, 0) is 0 Å². The summed E-state index contributed by atoms with van der Waals surface area (Å²) in [7, 11) is 0. The Bertz CT molecular complexity index is 3190. The third-order valence-corrected chi connectivity index (χ3v) is 10.7. The fourth-order valence-electron chi connectivity index (χ4n) is 8.00. The van der Waals surface area contributed by atoms with Gasteiger partial charge in [0.25, 0.3) is 0 Å². The zero-order chi connectivity index (χ0) is 41.5. The Morgan fingerprint density at radius 2 is 0.807 bits per heavy atom. The summed E-state index contributed by atoms with van der Waals surface area (Å²) in [6, 6.07) is 71.3. The van der Waals surface area contributed by atoms with Crippen molar-refractivity contribution >= 4 is 38.6 Å². The fourth-order valence-corrected chi connectivity index (χ4v) is 8.00. The first-order chi connectivity index (χ1) is 30.0. The molecule has 0 fully saturated rings. The maximum Gasteiger partial charge on any atom is 0.0645 e. The molecule has 0 saturated heterocycles. The Balaban J connectivity index is 1.16. The molecule has 0 spiro atoms. The Hall–Kier alpha value is -7.48. The standard InChI is InChI=1S/C56H39N/c1-4-15-41(16-5-1)50-37-32-47(39-54(50)44-19-8-3-9-20-44)40-27-33-48(34-28-40)57(55-26-14-23-42-21-10-12-24-51(42)55)49-35-29-46(30-36-49)56-52-25-13-11-22-45(52)31-38-53(56)43-17-6-2-7-18-43/h1-39H/i27D,28D,33D,34D. The van der Waals surface area contributed by atoms with Crippen LogP contribution >= 0.6 is 0 Å². The van der Waals surface area contributed by atoms with Crippen LogP contribution in [0.2, 0.25) is 0 Å². The van der Waals surface area contributed by atoms with Crippen molar-refractivity contribution in [3.05, 3.63) is 236 Å². The van der Waals surface area contributed by atoms with Gasteiger partial charge in [-0.2, -0.15) is 0 Å². The van der Waals surface area contributed by atoms with Crippen molar-refractivity contribution in [1.82, 2.24) is 0 Å². The van der Waals surface area contributed by atoms with Crippen LogP contribution in [0.25, 0.3) is 77.2 Å². The summed E-state index contributed by atoms with van der Waals surface area (Å²) >= 11 is 0. The summed E-state index contributed by atoms with van der Waals surface area (Å²) in [5, 5.41) is 4.22. The largest absolute Gasteiger partial charge is 0.310 e. The van der Waals surface area contributed by atoms with E-state index in [2.05, 4.69) is 97.1 Å². The van der Waals surface area contributed by atoms with Crippen LogP contribution in [0.3, 0.4) is 0 Å².